The van der Waals surface area contributed by atoms with Gasteiger partial charge in [-0.2, -0.15) is 0 Å². The Bertz CT molecular complexity index is 205. The molecule has 0 bridgehead atoms. The van der Waals surface area contributed by atoms with Crippen molar-refractivity contribution in [3.63, 3.8) is 0 Å². The van der Waals surface area contributed by atoms with Crippen molar-refractivity contribution in [1.29, 1.82) is 0 Å². The van der Waals surface area contributed by atoms with Crippen molar-refractivity contribution in [2.45, 2.75) is 91.1 Å². The maximum atomic E-state index is 6.55. The molecule has 19 heavy (non-hydrogen) atoms. The molecule has 0 fully saturated rings. The van der Waals surface area contributed by atoms with E-state index in [0.29, 0.717) is 0 Å². The average Bonchev–Trinajstić information content (AvgIpc) is 2.32. The zero-order valence-electron chi connectivity index (χ0n) is 13.5. The van der Waals surface area contributed by atoms with Gasteiger partial charge in [-0.05, 0) is 23.9 Å². The van der Waals surface area contributed by atoms with Crippen molar-refractivity contribution < 1.29 is 0 Å². The third kappa shape index (κ3) is 13.5. The third-order valence-electron chi connectivity index (χ3n) is 3.88. The van der Waals surface area contributed by atoms with Gasteiger partial charge in [0.05, 0.1) is 0 Å². The molecule has 0 radical (unpaired) electrons. The van der Waals surface area contributed by atoms with Crippen molar-refractivity contribution in [3.05, 3.63) is 0 Å². The van der Waals surface area contributed by atoms with E-state index in [1.165, 1.54) is 51.4 Å². The molecule has 3 heteroatoms. The Hall–Kier alpha value is 0.797. The van der Waals surface area contributed by atoms with Crippen LogP contribution in [-0.4, -0.2) is 6.69 Å². The Kier molecular flexibility index (Phi) is 11.9. The normalized spacial score (nSPS) is 14.1. The van der Waals surface area contributed by atoms with E-state index >= 15 is 0 Å². The van der Waals surface area contributed by atoms with Crippen LogP contribution in [0, 0.1) is 11.8 Å². The van der Waals surface area contributed by atoms with Gasteiger partial charge < -0.3 is 0 Å². The fourth-order valence-corrected chi connectivity index (χ4v) is 5.80. The minimum atomic E-state index is -1.93. The average molecular weight is 325 g/mol. The molecule has 0 saturated heterocycles. The second-order valence-corrected chi connectivity index (χ2v) is 14.3. The Morgan fingerprint density at radius 2 is 1.47 bits per heavy atom. The van der Waals surface area contributed by atoms with Gasteiger partial charge in [0.2, 0.25) is 0 Å². The highest BCUT2D eigenvalue weighted by Gasteiger charge is 2.27. The Morgan fingerprint density at radius 3 is 2.05 bits per heavy atom. The van der Waals surface area contributed by atoms with E-state index in [0.717, 1.165) is 23.9 Å². The van der Waals surface area contributed by atoms with Crippen LogP contribution in [0.15, 0.2) is 0 Å². The zero-order valence-corrected chi connectivity index (χ0v) is 16.0. The predicted molar refractivity (Wildman–Crippen MR) is 93.7 cm³/mol. The van der Waals surface area contributed by atoms with Crippen LogP contribution < -0.4 is 0 Å². The van der Waals surface area contributed by atoms with Gasteiger partial charge in [0.15, 0.2) is 0 Å². The summed E-state index contributed by atoms with van der Waals surface area (Å²) >= 11 is 13.1. The van der Waals surface area contributed by atoms with Gasteiger partial charge >= 0.3 is 0 Å². The number of hydrogen-bond acceptors (Lipinski definition) is 0. The fraction of sp³-hybridized carbons (Fsp3) is 1.00. The minimum Gasteiger partial charge on any atom is -0.146 e. The lowest BCUT2D eigenvalue weighted by atomic mass is 9.98. The van der Waals surface area contributed by atoms with Crippen LogP contribution in [0.2, 0.25) is 12.1 Å². The van der Waals surface area contributed by atoms with Gasteiger partial charge in [-0.15, -0.1) is 22.2 Å². The summed E-state index contributed by atoms with van der Waals surface area (Å²) in [6.45, 7) is 7.27. The summed E-state index contributed by atoms with van der Waals surface area (Å²) in [6, 6.07) is 2.18. The van der Waals surface area contributed by atoms with E-state index in [-0.39, 0.29) is 0 Å². The predicted octanol–water partition coefficient (Wildman–Crippen LogP) is 7.34. The van der Waals surface area contributed by atoms with E-state index in [9.17, 15) is 0 Å². The van der Waals surface area contributed by atoms with Crippen molar-refractivity contribution in [1.82, 2.24) is 0 Å². The van der Waals surface area contributed by atoms with Crippen LogP contribution in [0.3, 0.4) is 0 Å². The summed E-state index contributed by atoms with van der Waals surface area (Å²) in [6.07, 6.45) is 10.4. The number of hydrogen-bond donors (Lipinski definition) is 0. The molecule has 1 atom stereocenters. The van der Waals surface area contributed by atoms with Crippen LogP contribution in [0.5, 0.6) is 0 Å². The zero-order chi connectivity index (χ0) is 14.7. The van der Waals surface area contributed by atoms with E-state index in [4.69, 9.17) is 22.2 Å². The first-order valence-electron chi connectivity index (χ1n) is 8.25. The molecular formula is C16H34Cl2Si. The second kappa shape index (κ2) is 11.5. The number of unbranched alkanes of at least 4 members (excludes halogenated alkanes) is 3. The van der Waals surface area contributed by atoms with Crippen LogP contribution in [0.1, 0.15) is 79.1 Å². The lowest BCUT2D eigenvalue weighted by molar-refractivity contribution is 0.448. The molecule has 0 aliphatic rings. The maximum absolute atomic E-state index is 6.55. The maximum Gasteiger partial charge on any atom is 0.251 e. The molecule has 0 rings (SSSR count). The highest BCUT2D eigenvalue weighted by atomic mass is 35.7. The molecule has 0 N–H and O–H groups in total. The van der Waals surface area contributed by atoms with E-state index < -0.39 is 6.69 Å². The lowest BCUT2D eigenvalue weighted by Gasteiger charge is -2.19. The minimum absolute atomic E-state index is 0.791. The Balaban J connectivity index is 3.64. The third-order valence-corrected chi connectivity index (χ3v) is 8.25. The molecular weight excluding hydrogens is 291 g/mol. The SMILES string of the molecule is CCCCCC[Si](Cl)(Cl)CCC(C)CCCC(C)C. The molecule has 0 aromatic carbocycles. The first-order chi connectivity index (χ1) is 8.87. The summed E-state index contributed by atoms with van der Waals surface area (Å²) < 4.78 is 0. The van der Waals surface area contributed by atoms with Gasteiger partial charge in [0, 0.05) is 0 Å². The van der Waals surface area contributed by atoms with Crippen LogP contribution in [0.4, 0.5) is 0 Å². The number of halogens is 2. The van der Waals surface area contributed by atoms with Gasteiger partial charge in [-0.1, -0.05) is 79.1 Å². The first kappa shape index (κ1) is 19.8. The highest BCUT2D eigenvalue weighted by Crippen LogP contribution is 2.32. The molecule has 0 nitrogen and oxygen atoms in total. The molecule has 0 saturated carbocycles. The van der Waals surface area contributed by atoms with Crippen molar-refractivity contribution in [2.24, 2.45) is 11.8 Å². The number of rotatable bonds is 12. The monoisotopic (exact) mass is 324 g/mol. The van der Waals surface area contributed by atoms with Crippen molar-refractivity contribution >= 4 is 28.9 Å². The molecule has 0 amide bonds. The molecule has 0 heterocycles. The summed E-state index contributed by atoms with van der Waals surface area (Å²) in [5.74, 6) is 1.62. The summed E-state index contributed by atoms with van der Waals surface area (Å²) in [5.41, 5.74) is 0. The van der Waals surface area contributed by atoms with Gasteiger partial charge in [-0.25, -0.2) is 0 Å². The van der Waals surface area contributed by atoms with Crippen LogP contribution in [0.25, 0.3) is 0 Å². The van der Waals surface area contributed by atoms with Crippen molar-refractivity contribution in [3.8, 4) is 0 Å². The quantitative estimate of drug-likeness (QED) is 0.200. The summed E-state index contributed by atoms with van der Waals surface area (Å²) in [5, 5.41) is 0. The topological polar surface area (TPSA) is 0 Å². The molecule has 116 valence electrons. The van der Waals surface area contributed by atoms with Crippen molar-refractivity contribution in [2.75, 3.05) is 0 Å². The van der Waals surface area contributed by atoms with E-state index in [2.05, 4.69) is 27.7 Å². The summed E-state index contributed by atoms with van der Waals surface area (Å²) in [4.78, 5) is 0. The fourth-order valence-electron chi connectivity index (χ4n) is 2.41. The summed E-state index contributed by atoms with van der Waals surface area (Å²) in [7, 11) is 0. The first-order valence-corrected chi connectivity index (χ1v) is 12.7. The smallest absolute Gasteiger partial charge is 0.146 e. The molecule has 0 spiro atoms. The standard InChI is InChI=1S/C16H34Cl2Si/c1-5-6-7-8-13-19(17,18)14-12-16(4)11-9-10-15(2)3/h15-16H,5-14H2,1-4H3. The second-order valence-electron chi connectivity index (χ2n) is 6.64. The molecule has 0 aromatic rings. The van der Waals surface area contributed by atoms with Crippen LogP contribution in [-0.2, 0) is 0 Å². The molecule has 0 aromatic heterocycles. The van der Waals surface area contributed by atoms with Gasteiger partial charge in [0.25, 0.3) is 6.69 Å². The van der Waals surface area contributed by atoms with E-state index in [1.807, 2.05) is 0 Å². The highest BCUT2D eigenvalue weighted by molar-refractivity contribution is 7.45. The van der Waals surface area contributed by atoms with E-state index in [1.54, 1.807) is 0 Å². The lowest BCUT2D eigenvalue weighted by Crippen LogP contribution is -2.19. The molecule has 1 unspecified atom stereocenters. The molecule has 0 aliphatic heterocycles. The van der Waals surface area contributed by atoms with Gasteiger partial charge in [0.1, 0.15) is 0 Å². The largest absolute Gasteiger partial charge is 0.251 e. The molecule has 0 aliphatic carbocycles. The van der Waals surface area contributed by atoms with Crippen LogP contribution >= 0.6 is 22.2 Å². The Morgan fingerprint density at radius 1 is 0.789 bits per heavy atom. The Labute approximate surface area is 132 Å². The van der Waals surface area contributed by atoms with Gasteiger partial charge in [-0.3, -0.25) is 0 Å².